The van der Waals surface area contributed by atoms with E-state index in [1.54, 1.807) is 79.7 Å². The van der Waals surface area contributed by atoms with Gasteiger partial charge in [-0.15, -0.1) is 0 Å². The third-order valence-corrected chi connectivity index (χ3v) is 6.28. The van der Waals surface area contributed by atoms with Gasteiger partial charge in [-0.05, 0) is 71.6 Å². The van der Waals surface area contributed by atoms with Crippen LogP contribution in [0.4, 0.5) is 4.79 Å². The summed E-state index contributed by atoms with van der Waals surface area (Å²) in [6, 6.07) is 2.65. The van der Waals surface area contributed by atoms with Crippen LogP contribution in [0.5, 0.6) is 5.75 Å². The second kappa shape index (κ2) is 15.9. The number of carboxylic acids is 1. The number of carbonyl (C=O) groups is 6. The van der Waals surface area contributed by atoms with Gasteiger partial charge in [0.05, 0.1) is 5.41 Å². The minimum absolute atomic E-state index is 0.0101. The van der Waals surface area contributed by atoms with E-state index in [9.17, 15) is 33.9 Å². The Labute approximate surface area is 252 Å². The highest BCUT2D eigenvalue weighted by Gasteiger charge is 2.33. The molecule has 4 atom stereocenters. The highest BCUT2D eigenvalue weighted by atomic mass is 16.6. The summed E-state index contributed by atoms with van der Waals surface area (Å²) in [5.41, 5.74) is 4.17. The van der Waals surface area contributed by atoms with Crippen LogP contribution in [0.1, 0.15) is 80.2 Å². The number of hydrogen-bond acceptors (Lipinski definition) is 8. The maximum atomic E-state index is 13.5. The van der Waals surface area contributed by atoms with Crippen molar-refractivity contribution < 1.29 is 43.3 Å². The van der Waals surface area contributed by atoms with Gasteiger partial charge in [0.2, 0.25) is 17.7 Å². The topological polar surface area (TPSA) is 203 Å². The molecule has 1 aromatic carbocycles. The van der Waals surface area contributed by atoms with Crippen LogP contribution >= 0.6 is 0 Å². The lowest BCUT2D eigenvalue weighted by molar-refractivity contribution is -0.143. The van der Waals surface area contributed by atoms with Crippen LogP contribution in [-0.2, 0) is 35.1 Å². The Morgan fingerprint density at radius 2 is 1.47 bits per heavy atom. The lowest BCUT2D eigenvalue weighted by Crippen LogP contribution is -2.58. The van der Waals surface area contributed by atoms with Gasteiger partial charge in [-0.1, -0.05) is 32.4 Å². The molecule has 1 rings (SSSR count). The summed E-state index contributed by atoms with van der Waals surface area (Å²) in [7, 11) is 0. The first-order valence-electron chi connectivity index (χ1n) is 14.2. The first-order valence-corrected chi connectivity index (χ1v) is 14.2. The van der Waals surface area contributed by atoms with Crippen molar-refractivity contribution in [3.05, 3.63) is 29.8 Å². The number of benzene rings is 1. The average Bonchev–Trinajstić information content (AvgIpc) is 2.87. The van der Waals surface area contributed by atoms with Crippen molar-refractivity contribution >= 4 is 35.8 Å². The van der Waals surface area contributed by atoms with Crippen molar-refractivity contribution in [3.63, 3.8) is 0 Å². The quantitative estimate of drug-likeness (QED) is 0.156. The smallest absolute Gasteiger partial charge is 0.408 e. The van der Waals surface area contributed by atoms with Gasteiger partial charge >= 0.3 is 18.0 Å². The van der Waals surface area contributed by atoms with Crippen LogP contribution < -0.4 is 26.4 Å². The molecule has 1 aromatic rings. The van der Waals surface area contributed by atoms with Crippen LogP contribution in [-0.4, -0.2) is 64.6 Å². The van der Waals surface area contributed by atoms with Crippen LogP contribution in [0.2, 0.25) is 0 Å². The Balaban J connectivity index is 3.22. The first-order chi connectivity index (χ1) is 19.7. The number of amides is 4. The maximum Gasteiger partial charge on any atom is 0.408 e. The first kappa shape index (κ1) is 36.9. The summed E-state index contributed by atoms with van der Waals surface area (Å²) in [4.78, 5) is 74.4. The molecule has 0 bridgehead atoms. The van der Waals surface area contributed by atoms with Gasteiger partial charge < -0.3 is 36.3 Å². The van der Waals surface area contributed by atoms with E-state index < -0.39 is 70.8 Å². The van der Waals surface area contributed by atoms with Gasteiger partial charge in [-0.3, -0.25) is 19.2 Å². The molecule has 0 aromatic heterocycles. The molecule has 0 aliphatic rings. The molecule has 0 heterocycles. The molecule has 6 N–H and O–H groups in total. The zero-order valence-corrected chi connectivity index (χ0v) is 26.2. The number of nitrogens with two attached hydrogens (primary N) is 1. The third kappa shape index (κ3) is 13.6. The highest BCUT2D eigenvalue weighted by molar-refractivity contribution is 5.93. The molecule has 0 saturated heterocycles. The van der Waals surface area contributed by atoms with Crippen LogP contribution in [0, 0.1) is 11.3 Å². The fraction of sp³-hybridized carbons (Fsp3) is 0.600. The molecule has 0 unspecified atom stereocenters. The van der Waals surface area contributed by atoms with Crippen molar-refractivity contribution in [2.45, 2.75) is 105 Å². The molecular weight excluding hydrogens is 560 g/mol. The van der Waals surface area contributed by atoms with Gasteiger partial charge in [0.25, 0.3) is 0 Å². The number of rotatable bonds is 14. The molecule has 13 nitrogen and oxygen atoms in total. The van der Waals surface area contributed by atoms with Gasteiger partial charge in [0, 0.05) is 12.8 Å². The van der Waals surface area contributed by atoms with Gasteiger partial charge in [0.15, 0.2) is 0 Å². The van der Waals surface area contributed by atoms with Crippen molar-refractivity contribution in [2.75, 3.05) is 0 Å². The van der Waals surface area contributed by atoms with Crippen LogP contribution in [0.3, 0.4) is 0 Å². The molecule has 13 heteroatoms. The standard InChI is InChI=1S/C30H46N4O9/c1-9-17(2)23(25(37)32-20(26(38)39)14-15-22(31)35)34-24(36)21(33-28(41)43-30(6,7)8)16-18-10-12-19(13-11-18)42-27(40)29(3,4)5/h10-13,17,20-21,23H,9,14-16H2,1-8H3,(H2,31,35)(H,32,37)(H,33,41)(H,34,36)(H,38,39)/t17-,20-,21-,23+/m1/s1. The Morgan fingerprint density at radius 3 is 1.93 bits per heavy atom. The van der Waals surface area contributed by atoms with Crippen molar-refractivity contribution in [2.24, 2.45) is 17.1 Å². The van der Waals surface area contributed by atoms with Crippen molar-refractivity contribution in [1.82, 2.24) is 16.0 Å². The third-order valence-electron chi connectivity index (χ3n) is 6.28. The molecule has 43 heavy (non-hydrogen) atoms. The Bertz CT molecular complexity index is 1150. The second-order valence-electron chi connectivity index (χ2n) is 12.5. The molecule has 0 fully saturated rings. The molecule has 0 spiro atoms. The number of primary amides is 1. The van der Waals surface area contributed by atoms with E-state index in [4.69, 9.17) is 15.2 Å². The summed E-state index contributed by atoms with van der Waals surface area (Å²) in [6.45, 7) is 13.7. The number of alkyl carbamates (subject to hydrolysis) is 1. The van der Waals surface area contributed by atoms with E-state index in [0.717, 1.165) is 0 Å². The van der Waals surface area contributed by atoms with Gasteiger partial charge in [-0.25, -0.2) is 9.59 Å². The molecule has 4 amide bonds. The van der Waals surface area contributed by atoms with E-state index in [0.29, 0.717) is 17.7 Å². The Hall–Kier alpha value is -4.16. The normalized spacial score (nSPS) is 14.3. The highest BCUT2D eigenvalue weighted by Crippen LogP contribution is 2.20. The molecule has 0 radical (unpaired) electrons. The molecule has 240 valence electrons. The van der Waals surface area contributed by atoms with Gasteiger partial charge in [0.1, 0.15) is 29.5 Å². The maximum absolute atomic E-state index is 13.5. The molecule has 0 aliphatic heterocycles. The summed E-state index contributed by atoms with van der Waals surface area (Å²) in [5, 5.41) is 17.1. The fourth-order valence-corrected chi connectivity index (χ4v) is 3.61. The second-order valence-corrected chi connectivity index (χ2v) is 12.5. The number of aliphatic carboxylic acids is 1. The fourth-order valence-electron chi connectivity index (χ4n) is 3.61. The van der Waals surface area contributed by atoms with Crippen molar-refractivity contribution in [3.8, 4) is 5.75 Å². The number of carboxylic acid groups (broad SMARTS) is 1. The largest absolute Gasteiger partial charge is 0.480 e. The zero-order chi connectivity index (χ0) is 33.1. The summed E-state index contributed by atoms with van der Waals surface area (Å²) >= 11 is 0. The van der Waals surface area contributed by atoms with E-state index in [-0.39, 0.29) is 19.3 Å². The van der Waals surface area contributed by atoms with Crippen molar-refractivity contribution in [1.29, 1.82) is 0 Å². The minimum Gasteiger partial charge on any atom is -0.480 e. The number of hydrogen-bond donors (Lipinski definition) is 5. The Morgan fingerprint density at radius 1 is 0.884 bits per heavy atom. The van der Waals surface area contributed by atoms with E-state index in [1.165, 1.54) is 0 Å². The van der Waals surface area contributed by atoms with Crippen LogP contribution in [0.15, 0.2) is 24.3 Å². The molecule has 0 aliphatic carbocycles. The lowest BCUT2D eigenvalue weighted by Gasteiger charge is -2.28. The SMILES string of the molecule is CC[C@@H](C)[C@H](NC(=O)[C@@H](Cc1ccc(OC(=O)C(C)(C)C)cc1)NC(=O)OC(C)(C)C)C(=O)N[C@H](CCC(N)=O)C(=O)O. The van der Waals surface area contributed by atoms with Crippen LogP contribution in [0.25, 0.3) is 0 Å². The Kier molecular flexibility index (Phi) is 13.6. The minimum atomic E-state index is -1.40. The number of carbonyl (C=O) groups excluding carboxylic acids is 5. The number of ether oxygens (including phenoxy) is 2. The van der Waals surface area contributed by atoms with Gasteiger partial charge in [-0.2, -0.15) is 0 Å². The average molecular weight is 607 g/mol. The molecule has 0 saturated carbocycles. The predicted octanol–water partition coefficient (Wildman–Crippen LogP) is 2.44. The summed E-state index contributed by atoms with van der Waals surface area (Å²) < 4.78 is 10.7. The number of esters is 1. The summed E-state index contributed by atoms with van der Waals surface area (Å²) in [6.07, 6.45) is -0.889. The van der Waals surface area contributed by atoms with E-state index in [2.05, 4.69) is 16.0 Å². The predicted molar refractivity (Wildman–Crippen MR) is 158 cm³/mol. The monoisotopic (exact) mass is 606 g/mol. The zero-order valence-electron chi connectivity index (χ0n) is 26.2. The van der Waals surface area contributed by atoms with E-state index in [1.807, 2.05) is 0 Å². The molecular formula is C30H46N4O9. The lowest BCUT2D eigenvalue weighted by atomic mass is 9.96. The number of nitrogens with one attached hydrogen (secondary N) is 3. The summed E-state index contributed by atoms with van der Waals surface area (Å²) in [5.74, 6) is -4.08. The van der Waals surface area contributed by atoms with E-state index >= 15 is 0 Å².